The van der Waals surface area contributed by atoms with Crippen molar-refractivity contribution in [3.8, 4) is 0 Å². The van der Waals surface area contributed by atoms with Crippen LogP contribution in [0.5, 0.6) is 0 Å². The van der Waals surface area contributed by atoms with Crippen molar-refractivity contribution in [1.29, 1.82) is 0 Å². The Morgan fingerprint density at radius 3 is 2.65 bits per heavy atom. The van der Waals surface area contributed by atoms with Gasteiger partial charge in [0.15, 0.2) is 0 Å². The number of aromatic nitrogens is 2. The third-order valence-electron chi connectivity index (χ3n) is 3.84. The van der Waals surface area contributed by atoms with Gasteiger partial charge in [0.25, 0.3) is 0 Å². The number of nitrogen functional groups attached to an aromatic ring is 1. The van der Waals surface area contributed by atoms with Crippen molar-refractivity contribution in [3.63, 3.8) is 0 Å². The Morgan fingerprint density at radius 2 is 2.05 bits per heavy atom. The lowest BCUT2D eigenvalue weighted by molar-refractivity contribution is 0.0378. The maximum atomic E-state index is 9.74. The molecule has 0 aromatic carbocycles. The van der Waals surface area contributed by atoms with E-state index in [1.807, 2.05) is 6.92 Å². The zero-order chi connectivity index (χ0) is 14.6. The molecular weight excluding hydrogens is 256 g/mol. The smallest absolute Gasteiger partial charge is 0.135 e. The molecule has 1 aromatic heterocycles. The van der Waals surface area contributed by atoms with Crippen LogP contribution in [-0.4, -0.2) is 40.4 Å². The van der Waals surface area contributed by atoms with E-state index in [-0.39, 0.29) is 12.1 Å². The first-order valence-corrected chi connectivity index (χ1v) is 7.20. The Hall–Kier alpha value is -1.40. The zero-order valence-electron chi connectivity index (χ0n) is 12.3. The number of anilines is 2. The molecule has 1 aliphatic heterocycles. The normalized spacial score (nSPS) is 17.9. The van der Waals surface area contributed by atoms with E-state index in [0.717, 1.165) is 42.9 Å². The lowest BCUT2D eigenvalue weighted by Gasteiger charge is -2.37. The molecule has 4 N–H and O–H groups in total. The summed E-state index contributed by atoms with van der Waals surface area (Å²) in [7, 11) is 0. The minimum Gasteiger partial charge on any atom is -0.394 e. The van der Waals surface area contributed by atoms with Gasteiger partial charge in [0, 0.05) is 25.2 Å². The Balaban J connectivity index is 2.26. The molecule has 20 heavy (non-hydrogen) atoms. The zero-order valence-corrected chi connectivity index (χ0v) is 12.3. The van der Waals surface area contributed by atoms with Crippen LogP contribution in [0, 0.1) is 6.92 Å². The average Bonchev–Trinajstić information content (AvgIpc) is 2.45. The molecule has 0 unspecified atom stereocenters. The number of rotatable bonds is 5. The predicted molar refractivity (Wildman–Crippen MR) is 78.7 cm³/mol. The summed E-state index contributed by atoms with van der Waals surface area (Å²) in [4.78, 5) is 8.86. The summed E-state index contributed by atoms with van der Waals surface area (Å²) in [5.74, 6) is 1.99. The Kier molecular flexibility index (Phi) is 4.77. The monoisotopic (exact) mass is 280 g/mol. The Morgan fingerprint density at radius 1 is 1.35 bits per heavy atom. The van der Waals surface area contributed by atoms with Crippen LogP contribution >= 0.6 is 0 Å². The maximum absolute atomic E-state index is 9.74. The van der Waals surface area contributed by atoms with Crippen LogP contribution in [0.2, 0.25) is 0 Å². The standard InChI is InChI=1S/C14H24N4O2/c1-3-4-11-16-12(15)10(2)13(17-11)18-14(9-19)5-7-20-8-6-14/h19H,3-9H2,1-2H3,(H3,15,16,17,18). The molecule has 0 saturated carbocycles. The number of ether oxygens (including phenoxy) is 1. The molecule has 1 saturated heterocycles. The van der Waals surface area contributed by atoms with Crippen LogP contribution in [0.3, 0.4) is 0 Å². The number of aliphatic hydroxyl groups excluding tert-OH is 1. The predicted octanol–water partition coefficient (Wildman–Crippen LogP) is 1.27. The minimum absolute atomic E-state index is 0.0584. The highest BCUT2D eigenvalue weighted by molar-refractivity contribution is 5.56. The first kappa shape index (κ1) is 15.0. The fraction of sp³-hybridized carbons (Fsp3) is 0.714. The molecular formula is C14H24N4O2. The average molecular weight is 280 g/mol. The van der Waals surface area contributed by atoms with Gasteiger partial charge in [-0.1, -0.05) is 6.92 Å². The van der Waals surface area contributed by atoms with E-state index in [1.165, 1.54) is 0 Å². The highest BCUT2D eigenvalue weighted by Crippen LogP contribution is 2.28. The number of nitrogens with two attached hydrogens (primary N) is 1. The molecule has 0 amide bonds. The first-order valence-electron chi connectivity index (χ1n) is 7.20. The van der Waals surface area contributed by atoms with Crippen LogP contribution in [0.4, 0.5) is 11.6 Å². The minimum atomic E-state index is -0.368. The van der Waals surface area contributed by atoms with Crippen LogP contribution in [0.1, 0.15) is 37.6 Å². The van der Waals surface area contributed by atoms with E-state index in [0.29, 0.717) is 19.0 Å². The van der Waals surface area contributed by atoms with Crippen LogP contribution in [0.15, 0.2) is 0 Å². The fourth-order valence-corrected chi connectivity index (χ4v) is 2.38. The second-order valence-electron chi connectivity index (χ2n) is 5.42. The van der Waals surface area contributed by atoms with Crippen molar-refractivity contribution in [2.75, 3.05) is 30.9 Å². The Bertz CT molecular complexity index is 459. The molecule has 1 aromatic rings. The number of nitrogens with zero attached hydrogens (tertiary/aromatic N) is 2. The lowest BCUT2D eigenvalue weighted by atomic mass is 9.91. The van der Waals surface area contributed by atoms with Gasteiger partial charge in [-0.3, -0.25) is 0 Å². The van der Waals surface area contributed by atoms with Crippen molar-refractivity contribution in [2.45, 2.75) is 45.1 Å². The van der Waals surface area contributed by atoms with Gasteiger partial charge in [-0.25, -0.2) is 9.97 Å². The van der Waals surface area contributed by atoms with Gasteiger partial charge < -0.3 is 20.9 Å². The second-order valence-corrected chi connectivity index (χ2v) is 5.42. The van der Waals surface area contributed by atoms with Gasteiger partial charge >= 0.3 is 0 Å². The number of nitrogens with one attached hydrogen (secondary N) is 1. The maximum Gasteiger partial charge on any atom is 0.135 e. The summed E-state index contributed by atoms with van der Waals surface area (Å²) in [5, 5.41) is 13.1. The van der Waals surface area contributed by atoms with Crippen LogP contribution in [0.25, 0.3) is 0 Å². The molecule has 0 bridgehead atoms. The van der Waals surface area contributed by atoms with Gasteiger partial charge in [-0.15, -0.1) is 0 Å². The van der Waals surface area contributed by atoms with Crippen molar-refractivity contribution >= 4 is 11.6 Å². The van der Waals surface area contributed by atoms with Gasteiger partial charge in [0.1, 0.15) is 17.5 Å². The number of hydrogen-bond acceptors (Lipinski definition) is 6. The summed E-state index contributed by atoms with van der Waals surface area (Å²) < 4.78 is 5.37. The van der Waals surface area contributed by atoms with E-state index >= 15 is 0 Å². The van der Waals surface area contributed by atoms with Crippen LogP contribution < -0.4 is 11.1 Å². The molecule has 0 aliphatic carbocycles. The van der Waals surface area contributed by atoms with Crippen molar-refractivity contribution in [2.24, 2.45) is 0 Å². The molecule has 6 heteroatoms. The SMILES string of the molecule is CCCc1nc(N)c(C)c(NC2(CO)CCOCC2)n1. The van der Waals surface area contributed by atoms with E-state index in [2.05, 4.69) is 22.2 Å². The summed E-state index contributed by atoms with van der Waals surface area (Å²) in [5.41, 5.74) is 6.43. The van der Waals surface area contributed by atoms with Crippen LogP contribution in [-0.2, 0) is 11.2 Å². The lowest BCUT2D eigenvalue weighted by Crippen LogP contribution is -2.47. The summed E-state index contributed by atoms with van der Waals surface area (Å²) in [6.07, 6.45) is 3.29. The molecule has 6 nitrogen and oxygen atoms in total. The van der Waals surface area contributed by atoms with Crippen molar-refractivity contribution in [1.82, 2.24) is 9.97 Å². The third-order valence-corrected chi connectivity index (χ3v) is 3.84. The summed E-state index contributed by atoms with van der Waals surface area (Å²) in [6.45, 7) is 5.34. The molecule has 0 spiro atoms. The third kappa shape index (κ3) is 3.19. The summed E-state index contributed by atoms with van der Waals surface area (Å²) in [6, 6.07) is 0. The van der Waals surface area contributed by atoms with E-state index < -0.39 is 0 Å². The molecule has 2 heterocycles. The number of aliphatic hydroxyl groups is 1. The van der Waals surface area contributed by atoms with E-state index in [4.69, 9.17) is 10.5 Å². The molecule has 112 valence electrons. The first-order chi connectivity index (χ1) is 9.60. The number of aryl methyl sites for hydroxylation is 1. The topological polar surface area (TPSA) is 93.3 Å². The largest absolute Gasteiger partial charge is 0.394 e. The highest BCUT2D eigenvalue weighted by Gasteiger charge is 2.33. The molecule has 1 aliphatic rings. The fourth-order valence-electron chi connectivity index (χ4n) is 2.38. The highest BCUT2D eigenvalue weighted by atomic mass is 16.5. The quantitative estimate of drug-likeness (QED) is 0.752. The second kappa shape index (κ2) is 6.37. The van der Waals surface area contributed by atoms with Gasteiger partial charge in [-0.05, 0) is 26.2 Å². The molecule has 0 atom stereocenters. The van der Waals surface area contributed by atoms with Crippen molar-refractivity contribution < 1.29 is 9.84 Å². The van der Waals surface area contributed by atoms with E-state index in [9.17, 15) is 5.11 Å². The Labute approximate surface area is 119 Å². The molecule has 2 rings (SSSR count). The van der Waals surface area contributed by atoms with Gasteiger partial charge in [0.05, 0.1) is 12.1 Å². The molecule has 0 radical (unpaired) electrons. The number of hydrogen-bond donors (Lipinski definition) is 3. The van der Waals surface area contributed by atoms with Gasteiger partial charge in [0.2, 0.25) is 0 Å². The van der Waals surface area contributed by atoms with Crippen molar-refractivity contribution in [3.05, 3.63) is 11.4 Å². The molecule has 1 fully saturated rings. The van der Waals surface area contributed by atoms with E-state index in [1.54, 1.807) is 0 Å². The van der Waals surface area contributed by atoms with Gasteiger partial charge in [-0.2, -0.15) is 0 Å². The summed E-state index contributed by atoms with van der Waals surface area (Å²) >= 11 is 0.